The molecule has 40 heavy (non-hydrogen) atoms. The molecule has 0 unspecified atom stereocenters. The summed E-state index contributed by atoms with van der Waals surface area (Å²) in [7, 11) is -4.45. The van der Waals surface area contributed by atoms with E-state index in [-0.39, 0.29) is 12.6 Å². The van der Waals surface area contributed by atoms with E-state index in [4.69, 9.17) is 0 Å². The number of nitrogens with one attached hydrogen (secondary N) is 1. The van der Waals surface area contributed by atoms with Crippen molar-refractivity contribution >= 4 is 26.7 Å². The lowest BCUT2D eigenvalue weighted by Crippen LogP contribution is -2.38. The Hall–Kier alpha value is -2.76. The van der Waals surface area contributed by atoms with Gasteiger partial charge in [-0.15, -0.1) is 0 Å². The number of hydrogen-bond donors (Lipinski definition) is 1. The number of rotatable bonds is 11. The van der Waals surface area contributed by atoms with Crippen LogP contribution in [0.15, 0.2) is 48.8 Å². The van der Waals surface area contributed by atoms with Crippen molar-refractivity contribution in [3.8, 4) is 11.1 Å². The Labute approximate surface area is 234 Å². The standard InChI is InChI=1S/C23H23F3N4O2S.C6H15N/c24-23(25,26)13-33(31,32)30(19-7-8-19)12-15-2-1-3-16(10-15)17-4-9-21-20(11-17)22(28-14-27-21)29-18-5-6-18;1-4-7(5-2)6-3/h1-4,9-11,14,18-19H,5-8,12-13H2,(H,27,28,29);4-6H2,1-3H3. The molecule has 2 saturated carbocycles. The molecule has 0 spiro atoms. The topological polar surface area (TPSA) is 78.4 Å². The minimum atomic E-state index is -4.77. The minimum absolute atomic E-state index is 0.0813. The second-order valence-corrected chi connectivity index (χ2v) is 12.3. The van der Waals surface area contributed by atoms with Crippen molar-refractivity contribution in [2.24, 2.45) is 0 Å². The van der Waals surface area contributed by atoms with Gasteiger partial charge in [0, 0.05) is 24.0 Å². The summed E-state index contributed by atoms with van der Waals surface area (Å²) in [6.07, 6.45) is 0.148. The van der Waals surface area contributed by atoms with Crippen LogP contribution in [0.5, 0.6) is 0 Å². The molecule has 1 heterocycles. The molecule has 2 aliphatic rings. The summed E-state index contributed by atoms with van der Waals surface area (Å²) in [5.41, 5.74) is 3.20. The Morgan fingerprint density at radius 2 is 1.60 bits per heavy atom. The second-order valence-electron chi connectivity index (χ2n) is 10.3. The third-order valence-corrected chi connectivity index (χ3v) is 8.99. The van der Waals surface area contributed by atoms with Crippen LogP contribution in [-0.4, -0.2) is 71.2 Å². The van der Waals surface area contributed by atoms with Gasteiger partial charge >= 0.3 is 6.18 Å². The number of benzene rings is 2. The molecule has 0 amide bonds. The maximum atomic E-state index is 12.8. The Balaban J connectivity index is 0.000000470. The quantitative estimate of drug-likeness (QED) is 0.298. The van der Waals surface area contributed by atoms with E-state index in [1.165, 1.54) is 26.0 Å². The molecule has 1 N–H and O–H groups in total. The van der Waals surface area contributed by atoms with E-state index in [1.807, 2.05) is 30.3 Å². The van der Waals surface area contributed by atoms with Crippen LogP contribution in [0.2, 0.25) is 0 Å². The van der Waals surface area contributed by atoms with Gasteiger partial charge in [0.25, 0.3) is 0 Å². The fourth-order valence-corrected chi connectivity index (χ4v) is 6.17. The van der Waals surface area contributed by atoms with Gasteiger partial charge < -0.3 is 10.2 Å². The van der Waals surface area contributed by atoms with Gasteiger partial charge in [0.05, 0.1) is 5.52 Å². The molecule has 0 radical (unpaired) electrons. The zero-order chi connectivity index (χ0) is 28.9. The highest BCUT2D eigenvalue weighted by Crippen LogP contribution is 2.34. The van der Waals surface area contributed by atoms with E-state index in [2.05, 4.69) is 41.0 Å². The van der Waals surface area contributed by atoms with E-state index < -0.39 is 22.0 Å². The molecule has 5 rings (SSSR count). The summed E-state index contributed by atoms with van der Waals surface area (Å²) in [5, 5.41) is 4.30. The summed E-state index contributed by atoms with van der Waals surface area (Å²) in [6.45, 7) is 10.0. The van der Waals surface area contributed by atoms with Crippen LogP contribution in [-0.2, 0) is 16.6 Å². The highest BCUT2D eigenvalue weighted by Gasteiger charge is 2.43. The third kappa shape index (κ3) is 8.37. The van der Waals surface area contributed by atoms with Crippen molar-refractivity contribution in [2.75, 3.05) is 30.7 Å². The first-order valence-electron chi connectivity index (χ1n) is 13.9. The molecular weight excluding hydrogens is 539 g/mol. The maximum Gasteiger partial charge on any atom is 0.404 e. The van der Waals surface area contributed by atoms with E-state index in [0.717, 1.165) is 45.0 Å². The molecule has 7 nitrogen and oxygen atoms in total. The SMILES string of the molecule is CCN(CC)CC.O=S(=O)(CC(F)(F)F)N(Cc1cccc(-c2ccc3ncnc(NC4CC4)c3c2)c1)C1CC1. The van der Waals surface area contributed by atoms with Gasteiger partial charge in [-0.25, -0.2) is 18.4 Å². The Bertz CT molecular complexity index is 1380. The first-order chi connectivity index (χ1) is 19.0. The zero-order valence-electron chi connectivity index (χ0n) is 23.3. The molecule has 0 saturated heterocycles. The third-order valence-electron chi connectivity index (χ3n) is 7.15. The highest BCUT2D eigenvalue weighted by atomic mass is 32.2. The summed E-state index contributed by atoms with van der Waals surface area (Å²) in [5.74, 6) is -1.06. The number of halogens is 3. The zero-order valence-corrected chi connectivity index (χ0v) is 24.1. The summed E-state index contributed by atoms with van der Waals surface area (Å²) in [4.78, 5) is 11.1. The van der Waals surface area contributed by atoms with E-state index in [9.17, 15) is 21.6 Å². The van der Waals surface area contributed by atoms with E-state index >= 15 is 0 Å². The van der Waals surface area contributed by atoms with Crippen LogP contribution < -0.4 is 5.32 Å². The van der Waals surface area contributed by atoms with Crippen LogP contribution in [0, 0.1) is 0 Å². The van der Waals surface area contributed by atoms with Crippen molar-refractivity contribution in [1.82, 2.24) is 19.2 Å². The van der Waals surface area contributed by atoms with E-state index in [1.54, 1.807) is 12.1 Å². The molecule has 2 fully saturated rings. The number of hydrogen-bond acceptors (Lipinski definition) is 6. The summed E-state index contributed by atoms with van der Waals surface area (Å²) >= 11 is 0. The molecule has 0 bridgehead atoms. The molecule has 218 valence electrons. The smallest absolute Gasteiger partial charge is 0.367 e. The lowest BCUT2D eigenvalue weighted by atomic mass is 10.0. The maximum absolute atomic E-state index is 12.8. The van der Waals surface area contributed by atoms with Crippen molar-refractivity contribution in [3.05, 3.63) is 54.4 Å². The number of fused-ring (bicyclic) bond motifs is 1. The van der Waals surface area contributed by atoms with Gasteiger partial charge in [-0.3, -0.25) is 0 Å². The molecule has 1 aromatic heterocycles. The van der Waals surface area contributed by atoms with Crippen LogP contribution in [0.3, 0.4) is 0 Å². The number of sulfonamides is 1. The first kappa shape index (κ1) is 30.2. The monoisotopic (exact) mass is 577 g/mol. The lowest BCUT2D eigenvalue weighted by molar-refractivity contribution is -0.107. The van der Waals surface area contributed by atoms with Gasteiger partial charge in [-0.2, -0.15) is 17.5 Å². The van der Waals surface area contributed by atoms with Crippen LogP contribution in [0.4, 0.5) is 19.0 Å². The van der Waals surface area contributed by atoms with Gasteiger partial charge in [0.15, 0.2) is 5.75 Å². The largest absolute Gasteiger partial charge is 0.404 e. The molecule has 11 heteroatoms. The average Bonchev–Trinajstić information content (AvgIpc) is 3.84. The van der Waals surface area contributed by atoms with Gasteiger partial charge in [0.2, 0.25) is 10.0 Å². The molecule has 2 aromatic carbocycles. The number of nitrogens with zero attached hydrogens (tertiary/aromatic N) is 4. The van der Waals surface area contributed by atoms with Gasteiger partial charge in [-0.05, 0) is 80.2 Å². The number of anilines is 1. The van der Waals surface area contributed by atoms with Crippen LogP contribution in [0.25, 0.3) is 22.0 Å². The molecule has 0 atom stereocenters. The summed E-state index contributed by atoms with van der Waals surface area (Å²) < 4.78 is 64.4. The van der Waals surface area contributed by atoms with Crippen molar-refractivity contribution in [3.63, 3.8) is 0 Å². The molecule has 3 aromatic rings. The minimum Gasteiger partial charge on any atom is -0.367 e. The number of aromatic nitrogens is 2. The Morgan fingerprint density at radius 1 is 0.925 bits per heavy atom. The van der Waals surface area contributed by atoms with Crippen LogP contribution in [0.1, 0.15) is 52.0 Å². The lowest BCUT2D eigenvalue weighted by Gasteiger charge is -2.23. The highest BCUT2D eigenvalue weighted by molar-refractivity contribution is 7.89. The average molecular weight is 578 g/mol. The molecule has 0 aliphatic heterocycles. The van der Waals surface area contributed by atoms with E-state index in [0.29, 0.717) is 24.4 Å². The predicted molar refractivity (Wildman–Crippen MR) is 153 cm³/mol. The number of alkyl halides is 3. The first-order valence-corrected chi connectivity index (χ1v) is 15.5. The Kier molecular flexibility index (Phi) is 9.68. The fraction of sp³-hybridized carbons (Fsp3) is 0.517. The van der Waals surface area contributed by atoms with Crippen molar-refractivity contribution in [1.29, 1.82) is 0 Å². The predicted octanol–water partition coefficient (Wildman–Crippen LogP) is 6.08. The molecule has 2 aliphatic carbocycles. The van der Waals surface area contributed by atoms with Gasteiger partial charge in [0.1, 0.15) is 12.1 Å². The van der Waals surface area contributed by atoms with Crippen molar-refractivity contribution < 1.29 is 21.6 Å². The van der Waals surface area contributed by atoms with Crippen molar-refractivity contribution in [2.45, 2.75) is 71.3 Å². The normalized spacial score (nSPS) is 15.8. The van der Waals surface area contributed by atoms with Crippen LogP contribution >= 0.6 is 0 Å². The second kappa shape index (κ2) is 12.8. The fourth-order valence-electron chi connectivity index (χ4n) is 4.58. The molecular formula is C29H38F3N5O2S. The van der Waals surface area contributed by atoms with Gasteiger partial charge in [-0.1, -0.05) is 45.0 Å². The Morgan fingerprint density at radius 3 is 2.17 bits per heavy atom. The summed E-state index contributed by atoms with van der Waals surface area (Å²) in [6, 6.07) is 13.1.